The third kappa shape index (κ3) is 2.88. The Balaban J connectivity index is 2.19. The van der Waals surface area contributed by atoms with E-state index in [1.54, 1.807) is 6.92 Å². The van der Waals surface area contributed by atoms with Crippen LogP contribution < -0.4 is 14.9 Å². The second-order valence-electron chi connectivity index (χ2n) is 5.31. The fraction of sp³-hybridized carbons (Fsp3) is 0.158. The fourth-order valence-corrected chi connectivity index (χ4v) is 2.56. The molecule has 0 aliphatic carbocycles. The van der Waals surface area contributed by atoms with Crippen LogP contribution in [0.25, 0.3) is 11.0 Å². The van der Waals surface area contributed by atoms with E-state index < -0.39 is 0 Å². The van der Waals surface area contributed by atoms with Crippen LogP contribution in [0, 0.1) is 6.92 Å². The number of carbonyl (C=O) groups excluding carboxylic acids is 1. The van der Waals surface area contributed by atoms with Gasteiger partial charge in [0.15, 0.2) is 11.7 Å². The number of hydrogen-bond acceptors (Lipinski definition) is 5. The van der Waals surface area contributed by atoms with Gasteiger partial charge in [0, 0.05) is 12.1 Å². The normalized spacial score (nSPS) is 10.6. The quantitative estimate of drug-likeness (QED) is 0.672. The third-order valence-electron chi connectivity index (χ3n) is 3.66. The Morgan fingerprint density at radius 2 is 1.92 bits per heavy atom. The zero-order valence-corrected chi connectivity index (χ0v) is 13.4. The summed E-state index contributed by atoms with van der Waals surface area (Å²) in [5.41, 5.74) is 1.17. The van der Waals surface area contributed by atoms with Gasteiger partial charge in [0.1, 0.15) is 34.8 Å². The Morgan fingerprint density at radius 1 is 1.17 bits per heavy atom. The van der Waals surface area contributed by atoms with E-state index in [1.165, 1.54) is 19.2 Å². The molecule has 2 aromatic carbocycles. The summed E-state index contributed by atoms with van der Waals surface area (Å²) in [5, 5.41) is 0.236. The van der Waals surface area contributed by atoms with Crippen molar-refractivity contribution in [1.29, 1.82) is 0 Å². The van der Waals surface area contributed by atoms with Gasteiger partial charge in [-0.15, -0.1) is 0 Å². The largest absolute Gasteiger partial charge is 0.496 e. The van der Waals surface area contributed by atoms with E-state index in [4.69, 9.17) is 13.9 Å². The number of aryl methyl sites for hydroxylation is 1. The lowest BCUT2D eigenvalue weighted by Crippen LogP contribution is -2.08. The van der Waals surface area contributed by atoms with Crippen LogP contribution >= 0.6 is 0 Å². The molecule has 0 spiro atoms. The summed E-state index contributed by atoms with van der Waals surface area (Å²) in [6.07, 6.45) is 0.623. The van der Waals surface area contributed by atoms with Gasteiger partial charge >= 0.3 is 0 Å². The Morgan fingerprint density at radius 3 is 2.58 bits per heavy atom. The Hall–Kier alpha value is -3.08. The van der Waals surface area contributed by atoms with E-state index in [0.717, 1.165) is 5.56 Å². The number of fused-ring (bicyclic) bond motifs is 1. The lowest BCUT2D eigenvalue weighted by Gasteiger charge is -2.14. The van der Waals surface area contributed by atoms with Gasteiger partial charge in [0.2, 0.25) is 0 Å². The second-order valence-corrected chi connectivity index (χ2v) is 5.31. The fourth-order valence-electron chi connectivity index (χ4n) is 2.56. The third-order valence-corrected chi connectivity index (χ3v) is 3.66. The molecule has 0 saturated heterocycles. The van der Waals surface area contributed by atoms with Gasteiger partial charge in [0.05, 0.1) is 12.7 Å². The predicted octanol–water partition coefficient (Wildman–Crippen LogP) is 3.50. The van der Waals surface area contributed by atoms with Crippen LogP contribution in [-0.4, -0.2) is 13.4 Å². The zero-order chi connectivity index (χ0) is 17.1. The van der Waals surface area contributed by atoms with Crippen molar-refractivity contribution in [3.63, 3.8) is 0 Å². The van der Waals surface area contributed by atoms with Gasteiger partial charge in [-0.25, -0.2) is 0 Å². The summed E-state index contributed by atoms with van der Waals surface area (Å²) in [6.45, 7) is 1.91. The molecule has 0 amide bonds. The maximum absolute atomic E-state index is 12.4. The molecule has 0 radical (unpaired) electrons. The lowest BCUT2D eigenvalue weighted by atomic mass is 10.1. The van der Waals surface area contributed by atoms with Crippen LogP contribution in [0.2, 0.25) is 0 Å². The van der Waals surface area contributed by atoms with Gasteiger partial charge in [-0.3, -0.25) is 9.59 Å². The number of carbonyl (C=O) groups is 1. The molecule has 0 bridgehead atoms. The number of methoxy groups -OCH3 is 1. The molecule has 24 heavy (non-hydrogen) atoms. The Labute approximate surface area is 138 Å². The summed E-state index contributed by atoms with van der Waals surface area (Å²) < 4.78 is 16.7. The molecule has 0 N–H and O–H groups in total. The molecule has 0 atom stereocenters. The topological polar surface area (TPSA) is 65.7 Å². The highest BCUT2D eigenvalue weighted by atomic mass is 16.5. The molecule has 0 aliphatic rings. The van der Waals surface area contributed by atoms with Gasteiger partial charge in [-0.2, -0.15) is 0 Å². The Kier molecular flexibility index (Phi) is 4.33. The van der Waals surface area contributed by atoms with Crippen molar-refractivity contribution in [2.45, 2.75) is 13.5 Å². The summed E-state index contributed by atoms with van der Waals surface area (Å²) in [5.74, 6) is 0.952. The van der Waals surface area contributed by atoms with Crippen LogP contribution in [0.15, 0.2) is 51.7 Å². The van der Waals surface area contributed by atoms with Crippen LogP contribution in [0.3, 0.4) is 0 Å². The van der Waals surface area contributed by atoms with E-state index >= 15 is 0 Å². The highest BCUT2D eigenvalue weighted by molar-refractivity contribution is 5.96. The van der Waals surface area contributed by atoms with Crippen LogP contribution in [0.1, 0.15) is 21.7 Å². The van der Waals surface area contributed by atoms with E-state index in [2.05, 4.69) is 0 Å². The van der Waals surface area contributed by atoms with Gasteiger partial charge in [-0.05, 0) is 12.5 Å². The first kappa shape index (κ1) is 15.8. The molecule has 5 nitrogen and oxygen atoms in total. The summed E-state index contributed by atoms with van der Waals surface area (Å²) in [4.78, 5) is 24.0. The molecule has 3 rings (SSSR count). The van der Waals surface area contributed by atoms with Crippen molar-refractivity contribution in [2.75, 3.05) is 7.11 Å². The standard InChI is InChI=1S/C19H16O5/c1-12-8-15(21)18-17(24-12)9-16(22-2)14(10-20)19(18)23-11-13-6-4-3-5-7-13/h3-10H,11H2,1-2H3. The monoisotopic (exact) mass is 324 g/mol. The number of benzene rings is 2. The average molecular weight is 324 g/mol. The maximum Gasteiger partial charge on any atom is 0.196 e. The summed E-state index contributed by atoms with van der Waals surface area (Å²) >= 11 is 0. The van der Waals surface area contributed by atoms with Crippen molar-refractivity contribution in [3.05, 3.63) is 69.6 Å². The first-order valence-corrected chi connectivity index (χ1v) is 7.41. The van der Waals surface area contributed by atoms with Crippen molar-refractivity contribution >= 4 is 17.3 Å². The van der Waals surface area contributed by atoms with Crippen molar-refractivity contribution < 1.29 is 18.7 Å². The zero-order valence-electron chi connectivity index (χ0n) is 13.4. The van der Waals surface area contributed by atoms with Crippen LogP contribution in [-0.2, 0) is 6.61 Å². The van der Waals surface area contributed by atoms with E-state index in [0.29, 0.717) is 23.4 Å². The number of rotatable bonds is 5. The molecule has 5 heteroatoms. The smallest absolute Gasteiger partial charge is 0.196 e. The molecule has 0 unspecified atom stereocenters. The second kappa shape index (κ2) is 6.58. The SMILES string of the molecule is COc1cc2oc(C)cc(=O)c2c(OCc2ccccc2)c1C=O. The van der Waals surface area contributed by atoms with Gasteiger partial charge < -0.3 is 13.9 Å². The van der Waals surface area contributed by atoms with Gasteiger partial charge in [-0.1, -0.05) is 30.3 Å². The van der Waals surface area contributed by atoms with E-state index in [9.17, 15) is 9.59 Å². The molecule has 3 aromatic rings. The van der Waals surface area contributed by atoms with E-state index in [1.807, 2.05) is 30.3 Å². The first-order valence-electron chi connectivity index (χ1n) is 7.41. The van der Waals surface area contributed by atoms with Crippen molar-refractivity contribution in [1.82, 2.24) is 0 Å². The number of hydrogen-bond donors (Lipinski definition) is 0. The van der Waals surface area contributed by atoms with Crippen LogP contribution in [0.5, 0.6) is 11.5 Å². The van der Waals surface area contributed by atoms with Crippen LogP contribution in [0.4, 0.5) is 0 Å². The molecular weight excluding hydrogens is 308 g/mol. The molecular formula is C19H16O5. The molecule has 0 fully saturated rings. The van der Waals surface area contributed by atoms with Crippen molar-refractivity contribution in [2.24, 2.45) is 0 Å². The summed E-state index contributed by atoms with van der Waals surface area (Å²) in [7, 11) is 1.45. The Bertz CT molecular complexity index is 941. The van der Waals surface area contributed by atoms with Gasteiger partial charge in [0.25, 0.3) is 0 Å². The average Bonchev–Trinajstić information content (AvgIpc) is 2.59. The lowest BCUT2D eigenvalue weighted by molar-refractivity contribution is 0.111. The van der Waals surface area contributed by atoms with E-state index in [-0.39, 0.29) is 28.7 Å². The molecule has 1 heterocycles. The molecule has 122 valence electrons. The first-order chi connectivity index (χ1) is 11.6. The number of ether oxygens (including phenoxy) is 2. The number of aldehydes is 1. The maximum atomic E-state index is 12.4. The minimum Gasteiger partial charge on any atom is -0.496 e. The molecule has 0 saturated carbocycles. The molecule has 1 aromatic heterocycles. The molecule has 0 aliphatic heterocycles. The van der Waals surface area contributed by atoms with Crippen molar-refractivity contribution in [3.8, 4) is 11.5 Å². The summed E-state index contributed by atoms with van der Waals surface area (Å²) in [6, 6.07) is 12.4. The highest BCUT2D eigenvalue weighted by Gasteiger charge is 2.19. The predicted molar refractivity (Wildman–Crippen MR) is 89.9 cm³/mol. The highest BCUT2D eigenvalue weighted by Crippen LogP contribution is 2.35. The minimum absolute atomic E-state index is 0.178. The minimum atomic E-state index is -0.262.